The first-order valence-corrected chi connectivity index (χ1v) is 9.03. The Labute approximate surface area is 142 Å². The number of aromatic nitrogens is 1. The second-order valence-corrected chi connectivity index (χ2v) is 7.28. The van der Waals surface area contributed by atoms with Gasteiger partial charge in [0.1, 0.15) is 9.71 Å². The Morgan fingerprint density at radius 1 is 1.41 bits per heavy atom. The van der Waals surface area contributed by atoms with Gasteiger partial charge >= 0.3 is 0 Å². The van der Waals surface area contributed by atoms with Crippen LogP contribution in [0.25, 0.3) is 20.7 Å². The number of halogens is 1. The van der Waals surface area contributed by atoms with E-state index in [-0.39, 0.29) is 5.91 Å². The summed E-state index contributed by atoms with van der Waals surface area (Å²) < 4.78 is 0. The number of aryl methyl sites for hydroxylation is 2. The van der Waals surface area contributed by atoms with Gasteiger partial charge in [0.15, 0.2) is 0 Å². The van der Waals surface area contributed by atoms with Gasteiger partial charge in [0.25, 0.3) is 5.91 Å². The molecular weight excluding hydrogens is 336 g/mol. The molecule has 22 heavy (non-hydrogen) atoms. The Hall–Kier alpha value is -1.43. The van der Waals surface area contributed by atoms with Crippen LogP contribution in [0.4, 0.5) is 0 Å². The maximum absolute atomic E-state index is 12.5. The Balaban J connectivity index is 2.38. The fourth-order valence-electron chi connectivity index (χ4n) is 2.48. The normalized spacial score (nSPS) is 11.1. The lowest BCUT2D eigenvalue weighted by Gasteiger charge is -2.06. The summed E-state index contributed by atoms with van der Waals surface area (Å²) >= 11 is 9.44. The molecule has 3 aromatic heterocycles. The van der Waals surface area contributed by atoms with Crippen LogP contribution in [0.5, 0.6) is 0 Å². The molecule has 3 heterocycles. The summed E-state index contributed by atoms with van der Waals surface area (Å²) in [7, 11) is 0. The highest BCUT2D eigenvalue weighted by atomic mass is 35.5. The lowest BCUT2D eigenvalue weighted by atomic mass is 10.1. The third-order valence-electron chi connectivity index (χ3n) is 3.49. The molecule has 0 atom stereocenters. The monoisotopic (exact) mass is 350 g/mol. The third-order valence-corrected chi connectivity index (χ3v) is 6.02. The molecule has 3 rings (SSSR count). The average Bonchev–Trinajstić information content (AvgIpc) is 3.11. The number of nitrogens with one attached hydrogen (secondary N) is 1. The summed E-state index contributed by atoms with van der Waals surface area (Å²) in [5, 5.41) is 6.56. The standard InChI is InChI=1S/C16H15ClN2OS2/c1-4-18-15(20)14-12(10-6-5-7-21-10)11-8(2)13(17)9(3)19-16(11)22-14/h5-7H,4H2,1-3H3,(H,18,20). The summed E-state index contributed by atoms with van der Waals surface area (Å²) in [4.78, 5) is 19.7. The van der Waals surface area contributed by atoms with E-state index in [1.165, 1.54) is 11.3 Å². The Morgan fingerprint density at radius 3 is 2.82 bits per heavy atom. The van der Waals surface area contributed by atoms with Crippen molar-refractivity contribution in [2.75, 3.05) is 6.54 Å². The first-order valence-electron chi connectivity index (χ1n) is 6.95. The SMILES string of the molecule is CCNC(=O)c1sc2nc(C)c(Cl)c(C)c2c1-c1cccs1. The molecule has 1 N–H and O–H groups in total. The number of nitrogens with zero attached hydrogens (tertiary/aromatic N) is 1. The summed E-state index contributed by atoms with van der Waals surface area (Å²) in [5.41, 5.74) is 2.74. The largest absolute Gasteiger partial charge is 0.352 e. The van der Waals surface area contributed by atoms with Crippen molar-refractivity contribution in [3.63, 3.8) is 0 Å². The fraction of sp³-hybridized carbons (Fsp3) is 0.250. The predicted octanol–water partition coefficient (Wildman–Crippen LogP) is 5.04. The lowest BCUT2D eigenvalue weighted by Crippen LogP contribution is -2.22. The van der Waals surface area contributed by atoms with Crippen molar-refractivity contribution >= 4 is 50.4 Å². The van der Waals surface area contributed by atoms with Gasteiger partial charge in [0, 0.05) is 22.4 Å². The highest BCUT2D eigenvalue weighted by Gasteiger charge is 2.23. The Kier molecular flexibility index (Phi) is 4.21. The molecule has 0 aliphatic carbocycles. The summed E-state index contributed by atoms with van der Waals surface area (Å²) in [6, 6.07) is 4.02. The van der Waals surface area contributed by atoms with Crippen molar-refractivity contribution in [3.8, 4) is 10.4 Å². The quantitative estimate of drug-likeness (QED) is 0.718. The molecule has 0 aliphatic heterocycles. The molecule has 0 saturated heterocycles. The van der Waals surface area contributed by atoms with E-state index in [1.54, 1.807) is 11.3 Å². The molecule has 0 saturated carbocycles. The molecule has 6 heteroatoms. The van der Waals surface area contributed by atoms with Gasteiger partial charge in [-0.25, -0.2) is 4.98 Å². The van der Waals surface area contributed by atoms with E-state index in [0.717, 1.165) is 31.9 Å². The first-order chi connectivity index (χ1) is 10.5. The minimum absolute atomic E-state index is 0.0536. The minimum Gasteiger partial charge on any atom is -0.352 e. The van der Waals surface area contributed by atoms with Crippen LogP contribution in [-0.2, 0) is 0 Å². The number of fused-ring (bicyclic) bond motifs is 1. The molecular formula is C16H15ClN2OS2. The predicted molar refractivity (Wildman–Crippen MR) is 95.4 cm³/mol. The molecule has 0 spiro atoms. The number of carbonyl (C=O) groups excluding carboxylic acids is 1. The number of amides is 1. The average molecular weight is 351 g/mol. The van der Waals surface area contributed by atoms with E-state index in [4.69, 9.17) is 11.6 Å². The van der Waals surface area contributed by atoms with Gasteiger partial charge in [-0.05, 0) is 37.8 Å². The first kappa shape index (κ1) is 15.5. The van der Waals surface area contributed by atoms with Crippen LogP contribution in [0.15, 0.2) is 17.5 Å². The number of thiophene rings is 2. The van der Waals surface area contributed by atoms with Gasteiger partial charge in [-0.3, -0.25) is 4.79 Å². The van der Waals surface area contributed by atoms with Crippen molar-refractivity contribution in [1.29, 1.82) is 0 Å². The molecule has 0 radical (unpaired) electrons. The van der Waals surface area contributed by atoms with E-state index in [1.807, 2.05) is 38.3 Å². The number of hydrogen-bond donors (Lipinski definition) is 1. The smallest absolute Gasteiger partial charge is 0.262 e. The van der Waals surface area contributed by atoms with Crippen LogP contribution in [0, 0.1) is 13.8 Å². The molecule has 114 valence electrons. The molecule has 3 nitrogen and oxygen atoms in total. The minimum atomic E-state index is -0.0536. The zero-order valence-electron chi connectivity index (χ0n) is 12.5. The van der Waals surface area contributed by atoms with Gasteiger partial charge in [-0.2, -0.15) is 0 Å². The van der Waals surface area contributed by atoms with Gasteiger partial charge in [-0.1, -0.05) is 17.7 Å². The van der Waals surface area contributed by atoms with Crippen molar-refractivity contribution in [2.45, 2.75) is 20.8 Å². The van der Waals surface area contributed by atoms with Crippen molar-refractivity contribution in [1.82, 2.24) is 10.3 Å². The van der Waals surface area contributed by atoms with Gasteiger partial charge in [-0.15, -0.1) is 22.7 Å². The summed E-state index contributed by atoms with van der Waals surface area (Å²) in [6.07, 6.45) is 0. The van der Waals surface area contributed by atoms with Gasteiger partial charge in [0.2, 0.25) is 0 Å². The van der Waals surface area contributed by atoms with E-state index in [0.29, 0.717) is 16.4 Å². The molecule has 0 bridgehead atoms. The van der Waals surface area contributed by atoms with Crippen LogP contribution in [0.2, 0.25) is 5.02 Å². The zero-order valence-corrected chi connectivity index (χ0v) is 14.9. The highest BCUT2D eigenvalue weighted by molar-refractivity contribution is 7.22. The van der Waals surface area contributed by atoms with Gasteiger partial charge in [0.05, 0.1) is 10.7 Å². The summed E-state index contributed by atoms with van der Waals surface area (Å²) in [6.45, 7) is 6.40. The molecule has 0 fully saturated rings. The van der Waals surface area contributed by atoms with E-state index in [2.05, 4.69) is 10.3 Å². The molecule has 3 aromatic rings. The molecule has 0 aromatic carbocycles. The number of hydrogen-bond acceptors (Lipinski definition) is 4. The number of carbonyl (C=O) groups is 1. The van der Waals surface area contributed by atoms with Crippen molar-refractivity contribution < 1.29 is 4.79 Å². The molecule has 0 unspecified atom stereocenters. The fourth-order valence-corrected chi connectivity index (χ4v) is 4.68. The third kappa shape index (κ3) is 2.43. The number of pyridine rings is 1. The highest BCUT2D eigenvalue weighted by Crippen LogP contribution is 2.43. The van der Waals surface area contributed by atoms with Crippen molar-refractivity contribution in [2.24, 2.45) is 0 Å². The van der Waals surface area contributed by atoms with Crippen LogP contribution in [0.1, 0.15) is 27.9 Å². The molecule has 0 aliphatic rings. The second kappa shape index (κ2) is 5.99. The molecule has 1 amide bonds. The number of rotatable bonds is 3. The van der Waals surface area contributed by atoms with Crippen LogP contribution >= 0.6 is 34.3 Å². The maximum Gasteiger partial charge on any atom is 0.262 e. The van der Waals surface area contributed by atoms with Crippen LogP contribution in [-0.4, -0.2) is 17.4 Å². The van der Waals surface area contributed by atoms with E-state index in [9.17, 15) is 4.79 Å². The van der Waals surface area contributed by atoms with E-state index >= 15 is 0 Å². The maximum atomic E-state index is 12.5. The van der Waals surface area contributed by atoms with Crippen LogP contribution in [0.3, 0.4) is 0 Å². The zero-order chi connectivity index (χ0) is 15.9. The Bertz CT molecular complexity index is 853. The summed E-state index contributed by atoms with van der Waals surface area (Å²) in [5.74, 6) is -0.0536. The topological polar surface area (TPSA) is 42.0 Å². The second-order valence-electron chi connectivity index (χ2n) is 4.96. The Morgan fingerprint density at radius 2 is 2.18 bits per heavy atom. The van der Waals surface area contributed by atoms with E-state index < -0.39 is 0 Å². The van der Waals surface area contributed by atoms with Crippen molar-refractivity contribution in [3.05, 3.63) is 38.7 Å². The van der Waals surface area contributed by atoms with Gasteiger partial charge < -0.3 is 5.32 Å². The van der Waals surface area contributed by atoms with Crippen LogP contribution < -0.4 is 5.32 Å². The lowest BCUT2D eigenvalue weighted by molar-refractivity contribution is 0.0960.